The van der Waals surface area contributed by atoms with Crippen LogP contribution in [-0.2, 0) is 6.54 Å². The monoisotopic (exact) mass is 272 g/mol. The molecule has 108 valence electrons. The molecule has 3 nitrogen and oxygen atoms in total. The number of rotatable bonds is 8. The molecular formula is C17H24N2O. The summed E-state index contributed by atoms with van der Waals surface area (Å²) in [5.41, 5.74) is 1.31. The van der Waals surface area contributed by atoms with Gasteiger partial charge in [-0.05, 0) is 30.8 Å². The Morgan fingerprint density at radius 1 is 1.05 bits per heavy atom. The largest absolute Gasteiger partial charge is 0.468 e. The van der Waals surface area contributed by atoms with Gasteiger partial charge in [0.1, 0.15) is 5.76 Å². The average Bonchev–Trinajstić information content (AvgIpc) is 3.02. The Kier molecular flexibility index (Phi) is 5.84. The van der Waals surface area contributed by atoms with Crippen molar-refractivity contribution in [1.29, 1.82) is 0 Å². The summed E-state index contributed by atoms with van der Waals surface area (Å²) in [6, 6.07) is 14.8. The third-order valence-corrected chi connectivity index (χ3v) is 3.63. The average molecular weight is 272 g/mol. The SMILES string of the molecule is CCN(CC)C(CNCc1ccccc1)c1ccco1. The van der Waals surface area contributed by atoms with Crippen LogP contribution in [-0.4, -0.2) is 24.5 Å². The fraction of sp³-hybridized carbons (Fsp3) is 0.412. The van der Waals surface area contributed by atoms with Crippen LogP contribution in [0.5, 0.6) is 0 Å². The molecule has 3 heteroatoms. The Hall–Kier alpha value is -1.58. The van der Waals surface area contributed by atoms with Crippen molar-refractivity contribution in [2.75, 3.05) is 19.6 Å². The van der Waals surface area contributed by atoms with E-state index in [0.29, 0.717) is 6.04 Å². The molecule has 2 aromatic rings. The highest BCUT2D eigenvalue weighted by Crippen LogP contribution is 2.20. The molecule has 0 aliphatic carbocycles. The number of hydrogen-bond donors (Lipinski definition) is 1. The van der Waals surface area contributed by atoms with E-state index < -0.39 is 0 Å². The molecule has 0 aliphatic heterocycles. The highest BCUT2D eigenvalue weighted by Gasteiger charge is 2.19. The van der Waals surface area contributed by atoms with Gasteiger partial charge < -0.3 is 9.73 Å². The quantitative estimate of drug-likeness (QED) is 0.798. The van der Waals surface area contributed by atoms with Gasteiger partial charge in [-0.1, -0.05) is 44.2 Å². The maximum Gasteiger partial charge on any atom is 0.122 e. The summed E-state index contributed by atoms with van der Waals surface area (Å²) in [5, 5.41) is 3.54. The van der Waals surface area contributed by atoms with Crippen molar-refractivity contribution >= 4 is 0 Å². The zero-order valence-corrected chi connectivity index (χ0v) is 12.4. The summed E-state index contributed by atoms with van der Waals surface area (Å²) in [6.07, 6.45) is 1.75. The maximum atomic E-state index is 5.60. The van der Waals surface area contributed by atoms with Crippen molar-refractivity contribution in [2.45, 2.75) is 26.4 Å². The van der Waals surface area contributed by atoms with Crippen molar-refractivity contribution < 1.29 is 4.42 Å². The van der Waals surface area contributed by atoms with Gasteiger partial charge in [0.15, 0.2) is 0 Å². The minimum Gasteiger partial charge on any atom is -0.468 e. The van der Waals surface area contributed by atoms with E-state index in [-0.39, 0.29) is 0 Å². The molecule has 0 fully saturated rings. The second kappa shape index (κ2) is 7.88. The molecule has 0 amide bonds. The number of likely N-dealkylation sites (N-methyl/N-ethyl adjacent to an activating group) is 1. The first kappa shape index (κ1) is 14.8. The molecule has 1 N–H and O–H groups in total. The van der Waals surface area contributed by atoms with Gasteiger partial charge in [-0.15, -0.1) is 0 Å². The zero-order valence-electron chi connectivity index (χ0n) is 12.4. The second-order valence-electron chi connectivity index (χ2n) is 4.87. The van der Waals surface area contributed by atoms with Crippen LogP contribution >= 0.6 is 0 Å². The molecule has 1 aromatic carbocycles. The second-order valence-corrected chi connectivity index (χ2v) is 4.87. The molecule has 1 unspecified atom stereocenters. The van der Waals surface area contributed by atoms with Crippen molar-refractivity contribution in [3.63, 3.8) is 0 Å². The number of hydrogen-bond acceptors (Lipinski definition) is 3. The Balaban J connectivity index is 1.94. The van der Waals surface area contributed by atoms with E-state index >= 15 is 0 Å². The standard InChI is InChI=1S/C17H24N2O/c1-3-19(4-2)16(17-11-8-12-20-17)14-18-13-15-9-6-5-7-10-15/h5-12,16,18H,3-4,13-14H2,1-2H3. The van der Waals surface area contributed by atoms with E-state index in [1.165, 1.54) is 5.56 Å². The molecule has 1 atom stereocenters. The minimum absolute atomic E-state index is 0.295. The Labute approximate surface area is 121 Å². The van der Waals surface area contributed by atoms with Gasteiger partial charge in [-0.2, -0.15) is 0 Å². The van der Waals surface area contributed by atoms with Gasteiger partial charge in [-0.3, -0.25) is 4.90 Å². The third-order valence-electron chi connectivity index (χ3n) is 3.63. The number of benzene rings is 1. The zero-order chi connectivity index (χ0) is 14.2. The lowest BCUT2D eigenvalue weighted by atomic mass is 10.1. The number of nitrogens with zero attached hydrogens (tertiary/aromatic N) is 1. The first-order chi connectivity index (χ1) is 9.85. The molecule has 0 saturated heterocycles. The van der Waals surface area contributed by atoms with Crippen LogP contribution in [0.25, 0.3) is 0 Å². The minimum atomic E-state index is 0.295. The summed E-state index contributed by atoms with van der Waals surface area (Å²) in [4.78, 5) is 2.41. The van der Waals surface area contributed by atoms with Gasteiger partial charge in [0, 0.05) is 13.1 Å². The lowest BCUT2D eigenvalue weighted by Crippen LogP contribution is -2.35. The fourth-order valence-corrected chi connectivity index (χ4v) is 2.50. The van der Waals surface area contributed by atoms with Gasteiger partial charge >= 0.3 is 0 Å². The molecule has 0 spiro atoms. The summed E-state index contributed by atoms with van der Waals surface area (Å²) in [6.45, 7) is 8.21. The van der Waals surface area contributed by atoms with Crippen LogP contribution in [0.15, 0.2) is 53.1 Å². The molecule has 1 heterocycles. The van der Waals surface area contributed by atoms with Gasteiger partial charge in [0.05, 0.1) is 12.3 Å². The number of nitrogens with one attached hydrogen (secondary N) is 1. The number of furan rings is 1. The van der Waals surface area contributed by atoms with Gasteiger partial charge in [0.25, 0.3) is 0 Å². The molecular weight excluding hydrogens is 248 g/mol. The fourth-order valence-electron chi connectivity index (χ4n) is 2.50. The van der Waals surface area contributed by atoms with Crippen molar-refractivity contribution in [1.82, 2.24) is 10.2 Å². The molecule has 0 saturated carbocycles. The molecule has 0 bridgehead atoms. The van der Waals surface area contributed by atoms with Gasteiger partial charge in [0.2, 0.25) is 0 Å². The lowest BCUT2D eigenvalue weighted by Gasteiger charge is -2.28. The van der Waals surface area contributed by atoms with Crippen LogP contribution < -0.4 is 5.32 Å². The summed E-state index contributed by atoms with van der Waals surface area (Å²) < 4.78 is 5.60. The first-order valence-electron chi connectivity index (χ1n) is 7.37. The van der Waals surface area contributed by atoms with Gasteiger partial charge in [-0.25, -0.2) is 0 Å². The van der Waals surface area contributed by atoms with E-state index in [1.54, 1.807) is 6.26 Å². The Morgan fingerprint density at radius 3 is 2.40 bits per heavy atom. The maximum absolute atomic E-state index is 5.60. The van der Waals surface area contributed by atoms with Crippen LogP contribution in [0.1, 0.15) is 31.2 Å². The summed E-state index contributed by atoms with van der Waals surface area (Å²) in [7, 11) is 0. The van der Waals surface area contributed by atoms with E-state index in [4.69, 9.17) is 4.42 Å². The molecule has 1 aromatic heterocycles. The first-order valence-corrected chi connectivity index (χ1v) is 7.37. The molecule has 20 heavy (non-hydrogen) atoms. The third kappa shape index (κ3) is 3.95. The topological polar surface area (TPSA) is 28.4 Å². The van der Waals surface area contributed by atoms with Crippen LogP contribution in [0.3, 0.4) is 0 Å². The predicted octanol–water partition coefficient (Wildman–Crippen LogP) is 3.45. The lowest BCUT2D eigenvalue weighted by molar-refractivity contribution is 0.188. The molecule has 2 rings (SSSR count). The van der Waals surface area contributed by atoms with Crippen molar-refractivity contribution in [3.8, 4) is 0 Å². The summed E-state index contributed by atoms with van der Waals surface area (Å²) in [5.74, 6) is 1.04. The van der Waals surface area contributed by atoms with E-state index in [0.717, 1.165) is 31.9 Å². The molecule has 0 radical (unpaired) electrons. The van der Waals surface area contributed by atoms with E-state index in [1.807, 2.05) is 12.1 Å². The van der Waals surface area contributed by atoms with Crippen molar-refractivity contribution in [3.05, 3.63) is 60.1 Å². The van der Waals surface area contributed by atoms with E-state index in [9.17, 15) is 0 Å². The van der Waals surface area contributed by atoms with E-state index in [2.05, 4.69) is 54.4 Å². The normalized spacial score (nSPS) is 12.8. The van der Waals surface area contributed by atoms with Crippen LogP contribution in [0.4, 0.5) is 0 Å². The highest BCUT2D eigenvalue weighted by atomic mass is 16.3. The van der Waals surface area contributed by atoms with Crippen molar-refractivity contribution in [2.24, 2.45) is 0 Å². The van der Waals surface area contributed by atoms with Crippen LogP contribution in [0, 0.1) is 0 Å². The molecule has 0 aliphatic rings. The summed E-state index contributed by atoms with van der Waals surface area (Å²) >= 11 is 0. The Bertz CT molecular complexity index is 463. The van der Waals surface area contributed by atoms with Crippen LogP contribution in [0.2, 0.25) is 0 Å². The highest BCUT2D eigenvalue weighted by molar-refractivity contribution is 5.14. The predicted molar refractivity (Wildman–Crippen MR) is 82.5 cm³/mol. The Morgan fingerprint density at radius 2 is 1.80 bits per heavy atom. The smallest absolute Gasteiger partial charge is 0.122 e.